The van der Waals surface area contributed by atoms with Gasteiger partial charge in [0, 0.05) is 26.2 Å². The molecule has 1 aliphatic rings. The van der Waals surface area contributed by atoms with Crippen LogP contribution in [0.15, 0.2) is 27.8 Å². The molecule has 0 amide bonds. The molecule has 1 aromatic carbocycles. The van der Waals surface area contributed by atoms with E-state index in [0.29, 0.717) is 30.1 Å². The maximum absolute atomic E-state index is 13.5. The van der Waals surface area contributed by atoms with E-state index in [1.807, 2.05) is 0 Å². The topological polar surface area (TPSA) is 120 Å². The summed E-state index contributed by atoms with van der Waals surface area (Å²) in [6.07, 6.45) is 2.32. The second-order valence-electron chi connectivity index (χ2n) is 7.18. The summed E-state index contributed by atoms with van der Waals surface area (Å²) in [6, 6.07) is 5.47. The van der Waals surface area contributed by atoms with Gasteiger partial charge in [-0.2, -0.15) is 10.2 Å². The van der Waals surface area contributed by atoms with Crippen molar-refractivity contribution in [1.82, 2.24) is 24.1 Å². The molecule has 1 atom stereocenters. The Labute approximate surface area is 180 Å². The number of aromatic nitrogens is 5. The molecule has 11 heteroatoms. The highest BCUT2D eigenvalue weighted by atomic mass is 35.5. The van der Waals surface area contributed by atoms with Crippen LogP contribution in [0.5, 0.6) is 0 Å². The molecule has 0 saturated carbocycles. The summed E-state index contributed by atoms with van der Waals surface area (Å²) in [7, 11) is 1.54. The molecule has 0 bridgehead atoms. The normalized spacial score (nSPS) is 16.4. The fourth-order valence-electron chi connectivity index (χ4n) is 3.88. The molecule has 3 aromatic heterocycles. The van der Waals surface area contributed by atoms with Gasteiger partial charge in [-0.1, -0.05) is 16.8 Å². The van der Waals surface area contributed by atoms with Crippen LogP contribution >= 0.6 is 11.6 Å². The van der Waals surface area contributed by atoms with Crippen molar-refractivity contribution >= 4 is 28.2 Å². The monoisotopic (exact) mass is 440 g/mol. The van der Waals surface area contributed by atoms with E-state index in [-0.39, 0.29) is 52.3 Å². The Hall–Kier alpha value is -3.26. The average Bonchev–Trinajstić information content (AvgIpc) is 3.53. The summed E-state index contributed by atoms with van der Waals surface area (Å²) in [5.41, 5.74) is 1.43. The van der Waals surface area contributed by atoms with Gasteiger partial charge >= 0.3 is 0 Å². The van der Waals surface area contributed by atoms with Gasteiger partial charge in [-0.25, -0.2) is 4.98 Å². The third-order valence-corrected chi connectivity index (χ3v) is 5.74. The van der Waals surface area contributed by atoms with Crippen LogP contribution in [0.25, 0.3) is 28.1 Å². The first-order chi connectivity index (χ1) is 15.1. The zero-order valence-electron chi connectivity index (χ0n) is 16.5. The summed E-state index contributed by atoms with van der Waals surface area (Å²) in [4.78, 5) is 22.4. The van der Waals surface area contributed by atoms with Crippen molar-refractivity contribution in [3.8, 4) is 17.7 Å². The van der Waals surface area contributed by atoms with Gasteiger partial charge in [0.1, 0.15) is 17.9 Å². The molecule has 1 saturated heterocycles. The number of nitrogens with zero attached hydrogens (tertiary/aromatic N) is 6. The minimum atomic E-state index is -0.361. The molecule has 1 unspecified atom stereocenters. The Balaban J connectivity index is 1.77. The zero-order chi connectivity index (χ0) is 21.5. The van der Waals surface area contributed by atoms with Crippen molar-refractivity contribution in [1.29, 1.82) is 5.26 Å². The molecule has 158 valence electrons. The van der Waals surface area contributed by atoms with Gasteiger partial charge in [0.2, 0.25) is 0 Å². The molecular formula is C20H17ClN6O4. The third kappa shape index (κ3) is 3.09. The summed E-state index contributed by atoms with van der Waals surface area (Å²) in [5.74, 6) is 0.757. The average molecular weight is 441 g/mol. The first-order valence-electron chi connectivity index (χ1n) is 9.67. The Bertz CT molecular complexity index is 1390. The predicted octanol–water partition coefficient (Wildman–Crippen LogP) is 2.37. The largest absolute Gasteiger partial charge is 0.383 e. The number of fused-ring (bicyclic) bond motifs is 3. The van der Waals surface area contributed by atoms with Crippen LogP contribution in [-0.2, 0) is 16.0 Å². The number of nitriles is 1. The Morgan fingerprint density at radius 2 is 2.26 bits per heavy atom. The number of methoxy groups -OCH3 is 1. The number of rotatable bonds is 5. The molecule has 4 aromatic rings. The molecule has 5 rings (SSSR count). The lowest BCUT2D eigenvalue weighted by molar-refractivity contribution is 0.187. The third-order valence-electron chi connectivity index (χ3n) is 5.42. The van der Waals surface area contributed by atoms with Crippen LogP contribution in [0.2, 0.25) is 5.02 Å². The van der Waals surface area contributed by atoms with Gasteiger partial charge in [0.25, 0.3) is 11.4 Å². The van der Waals surface area contributed by atoms with Crippen LogP contribution in [0.3, 0.4) is 0 Å². The van der Waals surface area contributed by atoms with Gasteiger partial charge in [-0.15, -0.1) is 0 Å². The Kier molecular flexibility index (Phi) is 4.94. The van der Waals surface area contributed by atoms with E-state index >= 15 is 0 Å². The van der Waals surface area contributed by atoms with Crippen LogP contribution in [0.1, 0.15) is 23.7 Å². The van der Waals surface area contributed by atoms with Gasteiger partial charge in [0.15, 0.2) is 11.5 Å². The molecule has 1 aliphatic heterocycles. The SMILES string of the molecule is COCCn1c(=O)c2c(-c3nc(C4CCOC4)no3)ncn2c2ccc(Cl)c(C#N)c21. The van der Waals surface area contributed by atoms with E-state index < -0.39 is 0 Å². The van der Waals surface area contributed by atoms with E-state index in [0.717, 1.165) is 6.42 Å². The lowest BCUT2D eigenvalue weighted by Gasteiger charge is -2.14. The molecular weight excluding hydrogens is 424 g/mol. The number of hydrogen-bond donors (Lipinski definition) is 0. The van der Waals surface area contributed by atoms with Gasteiger partial charge in [-0.3, -0.25) is 9.20 Å². The highest BCUT2D eigenvalue weighted by molar-refractivity contribution is 6.32. The first-order valence-corrected chi connectivity index (χ1v) is 10.0. The quantitative estimate of drug-likeness (QED) is 0.463. The van der Waals surface area contributed by atoms with Crippen molar-refractivity contribution < 1.29 is 14.0 Å². The van der Waals surface area contributed by atoms with E-state index in [2.05, 4.69) is 21.2 Å². The predicted molar refractivity (Wildman–Crippen MR) is 110 cm³/mol. The highest BCUT2D eigenvalue weighted by Gasteiger charge is 2.26. The van der Waals surface area contributed by atoms with Crippen molar-refractivity contribution in [2.24, 2.45) is 0 Å². The van der Waals surface area contributed by atoms with Crippen molar-refractivity contribution in [3.05, 3.63) is 45.2 Å². The van der Waals surface area contributed by atoms with E-state index in [9.17, 15) is 10.1 Å². The summed E-state index contributed by atoms with van der Waals surface area (Å²) < 4.78 is 19.1. The number of halogens is 1. The Morgan fingerprint density at radius 1 is 1.39 bits per heavy atom. The van der Waals surface area contributed by atoms with Crippen LogP contribution in [0.4, 0.5) is 0 Å². The van der Waals surface area contributed by atoms with Gasteiger partial charge in [0.05, 0.1) is 34.8 Å². The summed E-state index contributed by atoms with van der Waals surface area (Å²) >= 11 is 6.24. The zero-order valence-corrected chi connectivity index (χ0v) is 17.3. The maximum atomic E-state index is 13.5. The molecule has 10 nitrogen and oxygen atoms in total. The maximum Gasteiger partial charge on any atom is 0.278 e. The molecule has 0 radical (unpaired) electrons. The number of imidazole rings is 1. The second-order valence-corrected chi connectivity index (χ2v) is 7.59. The lowest BCUT2D eigenvalue weighted by Crippen LogP contribution is -2.25. The van der Waals surface area contributed by atoms with E-state index in [1.165, 1.54) is 10.9 Å². The summed E-state index contributed by atoms with van der Waals surface area (Å²) in [6.45, 7) is 1.70. The fraction of sp³-hybridized carbons (Fsp3) is 0.350. The first kappa shape index (κ1) is 19.7. The molecule has 0 aliphatic carbocycles. The molecule has 1 fully saturated rings. The summed E-state index contributed by atoms with van der Waals surface area (Å²) in [5, 5.41) is 14.0. The van der Waals surface area contributed by atoms with E-state index in [1.54, 1.807) is 23.6 Å². The second kappa shape index (κ2) is 7.77. The Morgan fingerprint density at radius 3 is 3.00 bits per heavy atom. The van der Waals surface area contributed by atoms with Crippen LogP contribution < -0.4 is 5.56 Å². The van der Waals surface area contributed by atoms with Crippen LogP contribution in [0, 0.1) is 11.3 Å². The van der Waals surface area contributed by atoms with Crippen molar-refractivity contribution in [3.63, 3.8) is 0 Å². The molecule has 0 N–H and O–H groups in total. The van der Waals surface area contributed by atoms with Crippen molar-refractivity contribution in [2.45, 2.75) is 18.9 Å². The number of ether oxygens (including phenoxy) is 2. The smallest absolute Gasteiger partial charge is 0.278 e. The minimum Gasteiger partial charge on any atom is -0.383 e. The minimum absolute atomic E-state index is 0.0610. The highest BCUT2D eigenvalue weighted by Crippen LogP contribution is 2.29. The molecule has 0 spiro atoms. The van der Waals surface area contributed by atoms with E-state index in [4.69, 9.17) is 25.6 Å². The number of benzene rings is 1. The van der Waals surface area contributed by atoms with Gasteiger partial charge in [-0.05, 0) is 18.6 Å². The molecule has 4 heterocycles. The van der Waals surface area contributed by atoms with Crippen molar-refractivity contribution in [2.75, 3.05) is 26.9 Å². The molecule has 31 heavy (non-hydrogen) atoms. The number of hydrogen-bond acceptors (Lipinski definition) is 8. The fourth-order valence-corrected chi connectivity index (χ4v) is 4.08. The van der Waals surface area contributed by atoms with Crippen LogP contribution in [-0.4, -0.2) is 51.0 Å². The lowest BCUT2D eigenvalue weighted by atomic mass is 10.1. The van der Waals surface area contributed by atoms with Gasteiger partial charge < -0.3 is 18.6 Å². The standard InChI is InChI=1S/C20H17ClN6O4/c1-29-7-5-26-16-12(8-22)13(21)2-3-14(16)27-10-23-15(17(27)20(26)28)19-24-18(25-31-19)11-4-6-30-9-11/h2-3,10-11H,4-7,9H2,1H3.